The molecule has 25 heavy (non-hydrogen) atoms. The number of hydrogen-bond acceptors (Lipinski definition) is 3. The van der Waals surface area contributed by atoms with Crippen LogP contribution < -0.4 is 5.32 Å². The molecular formula is C21H26N2O2. The second kappa shape index (κ2) is 8.28. The topological polar surface area (TPSA) is 41.6 Å². The normalized spacial score (nSPS) is 16.4. The van der Waals surface area contributed by atoms with Crippen molar-refractivity contribution >= 4 is 5.91 Å². The highest BCUT2D eigenvalue weighted by atomic mass is 16.5. The maximum Gasteiger partial charge on any atom is 0.251 e. The minimum Gasteiger partial charge on any atom is -0.379 e. The molecule has 4 nitrogen and oxygen atoms in total. The van der Waals surface area contributed by atoms with Crippen molar-refractivity contribution in [2.45, 2.75) is 19.9 Å². The largest absolute Gasteiger partial charge is 0.379 e. The number of benzene rings is 2. The van der Waals surface area contributed by atoms with Gasteiger partial charge in [0.15, 0.2) is 0 Å². The summed E-state index contributed by atoms with van der Waals surface area (Å²) in [7, 11) is 0. The Morgan fingerprint density at radius 2 is 1.80 bits per heavy atom. The Hall–Kier alpha value is -2.17. The molecule has 0 radical (unpaired) electrons. The summed E-state index contributed by atoms with van der Waals surface area (Å²) >= 11 is 0. The number of carbonyl (C=O) groups is 1. The highest BCUT2D eigenvalue weighted by Gasteiger charge is 2.20. The van der Waals surface area contributed by atoms with Gasteiger partial charge in [-0.15, -0.1) is 0 Å². The predicted octanol–water partition coefficient (Wildman–Crippen LogP) is 3.11. The van der Waals surface area contributed by atoms with E-state index in [2.05, 4.69) is 29.3 Å². The quantitative estimate of drug-likeness (QED) is 0.911. The van der Waals surface area contributed by atoms with Crippen molar-refractivity contribution in [1.29, 1.82) is 0 Å². The Morgan fingerprint density at radius 1 is 1.08 bits per heavy atom. The molecule has 0 saturated carbocycles. The van der Waals surface area contributed by atoms with Crippen LogP contribution in [-0.2, 0) is 4.74 Å². The summed E-state index contributed by atoms with van der Waals surface area (Å²) in [6, 6.07) is 16.0. The Bertz CT molecular complexity index is 709. The van der Waals surface area contributed by atoms with Crippen molar-refractivity contribution < 1.29 is 9.53 Å². The molecule has 2 aromatic carbocycles. The number of rotatable bonds is 5. The van der Waals surface area contributed by atoms with Gasteiger partial charge in [-0.1, -0.05) is 36.4 Å². The molecule has 2 aromatic rings. The van der Waals surface area contributed by atoms with Gasteiger partial charge >= 0.3 is 0 Å². The van der Waals surface area contributed by atoms with Gasteiger partial charge in [-0.2, -0.15) is 0 Å². The summed E-state index contributed by atoms with van der Waals surface area (Å²) in [5.74, 6) is -0.0230. The monoisotopic (exact) mass is 338 g/mol. The van der Waals surface area contributed by atoms with Crippen LogP contribution in [0.15, 0.2) is 48.5 Å². The molecule has 1 atom stereocenters. The first-order valence-corrected chi connectivity index (χ1v) is 8.86. The van der Waals surface area contributed by atoms with Crippen molar-refractivity contribution in [2.75, 3.05) is 32.8 Å². The van der Waals surface area contributed by atoms with E-state index in [0.29, 0.717) is 5.56 Å². The second-order valence-corrected chi connectivity index (χ2v) is 6.65. The molecule has 1 amide bonds. The number of aryl methyl sites for hydroxylation is 2. The van der Waals surface area contributed by atoms with Gasteiger partial charge in [-0.25, -0.2) is 0 Å². The molecule has 0 aromatic heterocycles. The van der Waals surface area contributed by atoms with Gasteiger partial charge in [0.2, 0.25) is 0 Å². The molecule has 132 valence electrons. The summed E-state index contributed by atoms with van der Waals surface area (Å²) in [6.07, 6.45) is 0. The van der Waals surface area contributed by atoms with E-state index in [1.54, 1.807) is 0 Å². The molecule has 0 aliphatic carbocycles. The number of hydrogen-bond donors (Lipinski definition) is 1. The lowest BCUT2D eigenvalue weighted by molar-refractivity contribution is 0.0332. The zero-order valence-electron chi connectivity index (χ0n) is 15.0. The molecule has 1 heterocycles. The smallest absolute Gasteiger partial charge is 0.251 e. The van der Waals surface area contributed by atoms with Crippen molar-refractivity contribution in [3.63, 3.8) is 0 Å². The molecule has 3 rings (SSSR count). The molecule has 4 heteroatoms. The lowest BCUT2D eigenvalue weighted by Crippen LogP contribution is -2.43. The Labute approximate surface area is 149 Å². The maximum atomic E-state index is 12.8. The summed E-state index contributed by atoms with van der Waals surface area (Å²) in [6.45, 7) is 8.21. The van der Waals surface area contributed by atoms with Crippen molar-refractivity contribution in [3.8, 4) is 0 Å². The van der Waals surface area contributed by atoms with Crippen LogP contribution in [0.4, 0.5) is 0 Å². The highest BCUT2D eigenvalue weighted by Crippen LogP contribution is 2.17. The van der Waals surface area contributed by atoms with E-state index in [-0.39, 0.29) is 11.9 Å². The standard InChI is InChI=1S/C21H26N2O2/c1-16-8-9-19(14-17(16)2)21(24)22-20(18-6-4-3-5-7-18)15-23-10-12-25-13-11-23/h3-9,14,20H,10-13,15H2,1-2H3,(H,22,24)/t20-/m0/s1. The third-order valence-electron chi connectivity index (χ3n) is 4.82. The van der Waals surface area contributed by atoms with Gasteiger partial charge < -0.3 is 10.1 Å². The van der Waals surface area contributed by atoms with Crippen LogP contribution in [0.5, 0.6) is 0 Å². The van der Waals surface area contributed by atoms with Crippen molar-refractivity contribution in [1.82, 2.24) is 10.2 Å². The SMILES string of the molecule is Cc1ccc(C(=O)N[C@@H](CN2CCOCC2)c2ccccc2)cc1C. The minimum absolute atomic E-state index is 0.0230. The van der Waals surface area contributed by atoms with E-state index in [0.717, 1.165) is 44.0 Å². The van der Waals surface area contributed by atoms with E-state index in [1.165, 1.54) is 5.56 Å². The first kappa shape index (κ1) is 17.6. The average molecular weight is 338 g/mol. The lowest BCUT2D eigenvalue weighted by atomic mass is 10.0. The van der Waals surface area contributed by atoms with Gasteiger partial charge in [0, 0.05) is 25.2 Å². The molecule has 1 saturated heterocycles. The first-order chi connectivity index (χ1) is 12.1. The molecule has 1 fully saturated rings. The fourth-order valence-electron chi connectivity index (χ4n) is 3.09. The van der Waals surface area contributed by atoms with Gasteiger partial charge in [0.25, 0.3) is 5.91 Å². The van der Waals surface area contributed by atoms with Crippen LogP contribution in [0, 0.1) is 13.8 Å². The highest BCUT2D eigenvalue weighted by molar-refractivity contribution is 5.94. The molecule has 1 N–H and O–H groups in total. The molecular weight excluding hydrogens is 312 g/mol. The van der Waals surface area contributed by atoms with E-state index < -0.39 is 0 Å². The first-order valence-electron chi connectivity index (χ1n) is 8.86. The maximum absolute atomic E-state index is 12.8. The number of amides is 1. The van der Waals surface area contributed by atoms with Crippen molar-refractivity contribution in [3.05, 3.63) is 70.8 Å². The number of ether oxygens (including phenoxy) is 1. The van der Waals surface area contributed by atoms with Crippen LogP contribution in [0.3, 0.4) is 0 Å². The average Bonchev–Trinajstić information content (AvgIpc) is 2.65. The van der Waals surface area contributed by atoms with E-state index >= 15 is 0 Å². The van der Waals surface area contributed by atoms with Crippen LogP contribution >= 0.6 is 0 Å². The van der Waals surface area contributed by atoms with Gasteiger partial charge in [-0.3, -0.25) is 9.69 Å². The molecule has 0 unspecified atom stereocenters. The summed E-state index contributed by atoms with van der Waals surface area (Å²) in [5, 5.41) is 3.22. The summed E-state index contributed by atoms with van der Waals surface area (Å²) < 4.78 is 5.43. The Morgan fingerprint density at radius 3 is 2.48 bits per heavy atom. The van der Waals surface area contributed by atoms with Crippen LogP contribution in [0.25, 0.3) is 0 Å². The summed E-state index contributed by atoms with van der Waals surface area (Å²) in [4.78, 5) is 15.1. The molecule has 1 aliphatic heterocycles. The Balaban J connectivity index is 1.76. The van der Waals surface area contributed by atoms with Crippen LogP contribution in [-0.4, -0.2) is 43.7 Å². The Kier molecular flexibility index (Phi) is 5.84. The fourth-order valence-corrected chi connectivity index (χ4v) is 3.09. The predicted molar refractivity (Wildman–Crippen MR) is 99.8 cm³/mol. The number of carbonyl (C=O) groups excluding carboxylic acids is 1. The van der Waals surface area contributed by atoms with Crippen LogP contribution in [0.2, 0.25) is 0 Å². The molecule has 0 bridgehead atoms. The van der Waals surface area contributed by atoms with Crippen LogP contribution in [0.1, 0.15) is 33.1 Å². The van der Waals surface area contributed by atoms with E-state index in [9.17, 15) is 4.79 Å². The third kappa shape index (κ3) is 4.68. The number of nitrogens with zero attached hydrogens (tertiary/aromatic N) is 1. The minimum atomic E-state index is -0.0339. The zero-order valence-corrected chi connectivity index (χ0v) is 15.0. The fraction of sp³-hybridized carbons (Fsp3) is 0.381. The lowest BCUT2D eigenvalue weighted by Gasteiger charge is -2.31. The second-order valence-electron chi connectivity index (χ2n) is 6.65. The third-order valence-corrected chi connectivity index (χ3v) is 4.82. The van der Waals surface area contributed by atoms with Gasteiger partial charge in [-0.05, 0) is 42.7 Å². The number of morpholine rings is 1. The van der Waals surface area contributed by atoms with E-state index in [1.807, 2.05) is 43.3 Å². The molecule has 0 spiro atoms. The molecule has 1 aliphatic rings. The van der Waals surface area contributed by atoms with Crippen molar-refractivity contribution in [2.24, 2.45) is 0 Å². The number of nitrogens with one attached hydrogen (secondary N) is 1. The van der Waals surface area contributed by atoms with Gasteiger partial charge in [0.05, 0.1) is 19.3 Å². The zero-order chi connectivity index (χ0) is 17.6. The summed E-state index contributed by atoms with van der Waals surface area (Å²) in [5.41, 5.74) is 4.18. The van der Waals surface area contributed by atoms with Gasteiger partial charge in [0.1, 0.15) is 0 Å². The van der Waals surface area contributed by atoms with E-state index in [4.69, 9.17) is 4.74 Å².